The molecule has 1 aromatic carbocycles. The van der Waals surface area contributed by atoms with Gasteiger partial charge in [-0.3, -0.25) is 0 Å². The first-order valence-corrected chi connectivity index (χ1v) is 8.97. The molecule has 2 nitrogen and oxygen atoms in total. The maximum absolute atomic E-state index is 6.29. The van der Waals surface area contributed by atoms with E-state index in [9.17, 15) is 0 Å². The molecule has 0 amide bonds. The Kier molecular flexibility index (Phi) is 4.22. The van der Waals surface area contributed by atoms with E-state index < -0.39 is 0 Å². The lowest BCUT2D eigenvalue weighted by molar-refractivity contribution is 0.750. The molecule has 2 aromatic heterocycles. The first-order valence-electron chi connectivity index (χ1n) is 6.07. The zero-order chi connectivity index (χ0) is 14.3. The molecule has 0 N–H and O–H groups in total. The molecule has 3 rings (SSSR count). The van der Waals surface area contributed by atoms with Crippen LogP contribution in [0.1, 0.15) is 23.0 Å². The molecule has 20 heavy (non-hydrogen) atoms. The van der Waals surface area contributed by atoms with Crippen molar-refractivity contribution in [2.24, 2.45) is 0 Å². The van der Waals surface area contributed by atoms with Gasteiger partial charge in [0.1, 0.15) is 5.82 Å². The minimum atomic E-state index is -0.121. The van der Waals surface area contributed by atoms with Crippen molar-refractivity contribution >= 4 is 65.8 Å². The van der Waals surface area contributed by atoms with Gasteiger partial charge in [0.05, 0.1) is 23.0 Å². The SMILES string of the molecule is CC(Cl)c1nc2cc(Br)ccc2n1Cc1cc(Br)cs1. The average molecular weight is 435 g/mol. The summed E-state index contributed by atoms with van der Waals surface area (Å²) in [4.78, 5) is 5.95. The molecule has 0 saturated heterocycles. The Morgan fingerprint density at radius 1 is 1.30 bits per heavy atom. The summed E-state index contributed by atoms with van der Waals surface area (Å²) in [5.41, 5.74) is 2.08. The van der Waals surface area contributed by atoms with Crippen LogP contribution in [0.5, 0.6) is 0 Å². The number of hydrogen-bond acceptors (Lipinski definition) is 2. The minimum absolute atomic E-state index is 0.121. The van der Waals surface area contributed by atoms with Crippen molar-refractivity contribution in [3.63, 3.8) is 0 Å². The van der Waals surface area contributed by atoms with Gasteiger partial charge in [-0.2, -0.15) is 0 Å². The third-order valence-electron chi connectivity index (χ3n) is 3.03. The van der Waals surface area contributed by atoms with Crippen LogP contribution in [0.3, 0.4) is 0 Å². The Bertz CT molecular complexity index is 764. The number of imidazole rings is 1. The van der Waals surface area contributed by atoms with Gasteiger partial charge in [-0.05, 0) is 47.1 Å². The molecule has 6 heteroatoms. The van der Waals surface area contributed by atoms with Crippen molar-refractivity contribution in [2.75, 3.05) is 0 Å². The molecular weight excluding hydrogens is 423 g/mol. The van der Waals surface area contributed by atoms with Crippen LogP contribution in [0, 0.1) is 0 Å². The van der Waals surface area contributed by atoms with Crippen molar-refractivity contribution in [1.82, 2.24) is 9.55 Å². The molecule has 0 spiro atoms. The Morgan fingerprint density at radius 3 is 2.75 bits per heavy atom. The molecule has 0 saturated carbocycles. The predicted molar refractivity (Wildman–Crippen MR) is 92.8 cm³/mol. The average Bonchev–Trinajstić information content (AvgIpc) is 2.94. The fourth-order valence-electron chi connectivity index (χ4n) is 2.18. The molecule has 0 aliphatic heterocycles. The standard InChI is InChI=1S/C14H11Br2ClN2S/c1-8(17)14-18-12-5-9(15)2-3-13(12)19(14)6-11-4-10(16)7-20-11/h2-5,7-8H,6H2,1H3. The summed E-state index contributed by atoms with van der Waals surface area (Å²) >= 11 is 15.0. The summed E-state index contributed by atoms with van der Waals surface area (Å²) in [5.74, 6) is 0.907. The zero-order valence-corrected chi connectivity index (χ0v) is 15.4. The van der Waals surface area contributed by atoms with Crippen LogP contribution >= 0.6 is 54.8 Å². The summed E-state index contributed by atoms with van der Waals surface area (Å²) in [7, 11) is 0. The van der Waals surface area contributed by atoms with Crippen LogP contribution in [0.25, 0.3) is 11.0 Å². The van der Waals surface area contributed by atoms with Crippen LogP contribution in [-0.4, -0.2) is 9.55 Å². The van der Waals surface area contributed by atoms with E-state index in [1.54, 1.807) is 11.3 Å². The lowest BCUT2D eigenvalue weighted by Gasteiger charge is -2.09. The number of nitrogens with zero attached hydrogens (tertiary/aromatic N) is 2. The van der Waals surface area contributed by atoms with E-state index in [2.05, 4.69) is 58.9 Å². The topological polar surface area (TPSA) is 17.8 Å². The Labute approximate surface area is 143 Å². The van der Waals surface area contributed by atoms with Gasteiger partial charge in [0.2, 0.25) is 0 Å². The van der Waals surface area contributed by atoms with Crippen LogP contribution in [0.15, 0.2) is 38.6 Å². The van der Waals surface area contributed by atoms with Crippen molar-refractivity contribution in [3.8, 4) is 0 Å². The largest absolute Gasteiger partial charge is 0.321 e. The molecular formula is C14H11Br2ClN2S. The Morgan fingerprint density at radius 2 is 2.10 bits per heavy atom. The number of halogens is 3. The summed E-state index contributed by atoms with van der Waals surface area (Å²) in [6.45, 7) is 2.75. The number of benzene rings is 1. The van der Waals surface area contributed by atoms with Gasteiger partial charge >= 0.3 is 0 Å². The summed E-state index contributed by atoms with van der Waals surface area (Å²) < 4.78 is 4.34. The lowest BCUT2D eigenvalue weighted by atomic mass is 10.3. The second-order valence-corrected chi connectivity index (χ2v) is 8.02. The van der Waals surface area contributed by atoms with Gasteiger partial charge in [0, 0.05) is 19.2 Å². The van der Waals surface area contributed by atoms with Crippen LogP contribution in [-0.2, 0) is 6.54 Å². The van der Waals surface area contributed by atoms with Crippen LogP contribution in [0.2, 0.25) is 0 Å². The monoisotopic (exact) mass is 432 g/mol. The van der Waals surface area contributed by atoms with Gasteiger partial charge in [0.25, 0.3) is 0 Å². The molecule has 1 unspecified atom stereocenters. The second kappa shape index (κ2) is 5.79. The van der Waals surface area contributed by atoms with E-state index in [-0.39, 0.29) is 5.38 Å². The highest BCUT2D eigenvalue weighted by Crippen LogP contribution is 2.29. The van der Waals surface area contributed by atoms with E-state index in [0.29, 0.717) is 0 Å². The van der Waals surface area contributed by atoms with E-state index in [1.165, 1.54) is 4.88 Å². The third-order valence-corrected chi connectivity index (χ3v) is 5.40. The van der Waals surface area contributed by atoms with E-state index in [1.807, 2.05) is 19.1 Å². The molecule has 0 aliphatic carbocycles. The van der Waals surface area contributed by atoms with Gasteiger partial charge < -0.3 is 4.57 Å². The first-order chi connectivity index (χ1) is 9.54. The van der Waals surface area contributed by atoms with Crippen molar-refractivity contribution in [2.45, 2.75) is 18.8 Å². The zero-order valence-electron chi connectivity index (χ0n) is 10.6. The fraction of sp³-hybridized carbons (Fsp3) is 0.214. The van der Waals surface area contributed by atoms with Gasteiger partial charge in [-0.1, -0.05) is 15.9 Å². The molecule has 2 heterocycles. The minimum Gasteiger partial charge on any atom is -0.321 e. The van der Waals surface area contributed by atoms with Crippen LogP contribution in [0.4, 0.5) is 0 Å². The summed E-state index contributed by atoms with van der Waals surface area (Å²) in [6, 6.07) is 8.28. The number of aromatic nitrogens is 2. The number of thiophene rings is 1. The first kappa shape index (κ1) is 14.6. The van der Waals surface area contributed by atoms with E-state index in [4.69, 9.17) is 11.6 Å². The van der Waals surface area contributed by atoms with Crippen LogP contribution < -0.4 is 0 Å². The number of rotatable bonds is 3. The molecule has 0 fully saturated rings. The quantitative estimate of drug-likeness (QED) is 0.464. The molecule has 3 aromatic rings. The highest BCUT2D eigenvalue weighted by Gasteiger charge is 2.16. The molecule has 104 valence electrons. The predicted octanol–water partition coefficient (Wildman–Crippen LogP) is 5.97. The third kappa shape index (κ3) is 2.82. The highest BCUT2D eigenvalue weighted by molar-refractivity contribution is 9.10. The normalized spacial score (nSPS) is 13.0. The summed E-state index contributed by atoms with van der Waals surface area (Å²) in [6.07, 6.45) is 0. The maximum Gasteiger partial charge on any atom is 0.128 e. The van der Waals surface area contributed by atoms with Gasteiger partial charge in [0.15, 0.2) is 0 Å². The number of fused-ring (bicyclic) bond motifs is 1. The Balaban J connectivity index is 2.13. The van der Waals surface area contributed by atoms with E-state index >= 15 is 0 Å². The van der Waals surface area contributed by atoms with Crippen molar-refractivity contribution in [1.29, 1.82) is 0 Å². The Hall–Kier alpha value is -0.360. The maximum atomic E-state index is 6.29. The number of hydrogen-bond donors (Lipinski definition) is 0. The highest BCUT2D eigenvalue weighted by atomic mass is 79.9. The van der Waals surface area contributed by atoms with Gasteiger partial charge in [-0.25, -0.2) is 4.98 Å². The van der Waals surface area contributed by atoms with Crippen molar-refractivity contribution in [3.05, 3.63) is 49.3 Å². The lowest BCUT2D eigenvalue weighted by Crippen LogP contribution is -2.04. The molecule has 0 radical (unpaired) electrons. The molecule has 0 aliphatic rings. The molecule has 1 atom stereocenters. The summed E-state index contributed by atoms with van der Waals surface area (Å²) in [5, 5.41) is 1.97. The van der Waals surface area contributed by atoms with Crippen molar-refractivity contribution < 1.29 is 0 Å². The van der Waals surface area contributed by atoms with E-state index in [0.717, 1.165) is 32.3 Å². The van der Waals surface area contributed by atoms with Gasteiger partial charge in [-0.15, -0.1) is 22.9 Å². The fourth-order valence-corrected chi connectivity index (χ4v) is 4.14. The molecule has 0 bridgehead atoms. The smallest absolute Gasteiger partial charge is 0.128 e. The number of alkyl halides is 1. The second-order valence-electron chi connectivity index (χ2n) is 4.54.